The zero-order chi connectivity index (χ0) is 11.4. The zero-order valence-corrected chi connectivity index (χ0v) is 10.3. The third-order valence-corrected chi connectivity index (χ3v) is 2.77. The van der Waals surface area contributed by atoms with Crippen molar-refractivity contribution >= 4 is 27.3 Å². The van der Waals surface area contributed by atoms with Crippen LogP contribution in [-0.2, 0) is 6.42 Å². The van der Waals surface area contributed by atoms with Crippen LogP contribution >= 0.6 is 15.9 Å². The number of nitrogen functional groups attached to an aromatic ring is 1. The number of imidazole rings is 1. The highest BCUT2D eigenvalue weighted by atomic mass is 79.9. The van der Waals surface area contributed by atoms with E-state index in [1.807, 2.05) is 24.4 Å². The van der Waals surface area contributed by atoms with Crippen LogP contribution in [0.15, 0.2) is 35.2 Å². The summed E-state index contributed by atoms with van der Waals surface area (Å²) in [7, 11) is 0. The van der Waals surface area contributed by atoms with Gasteiger partial charge in [0.1, 0.15) is 0 Å². The fourth-order valence-corrected chi connectivity index (χ4v) is 1.83. The van der Waals surface area contributed by atoms with Gasteiger partial charge in [-0.15, -0.1) is 0 Å². The van der Waals surface area contributed by atoms with Crippen LogP contribution in [-0.4, -0.2) is 16.5 Å². The maximum Gasteiger partial charge on any atom is 0.0921 e. The summed E-state index contributed by atoms with van der Waals surface area (Å²) in [6.45, 7) is 0.827. The Balaban J connectivity index is 1.90. The van der Waals surface area contributed by atoms with E-state index in [1.165, 1.54) is 0 Å². The molecule has 0 unspecified atom stereocenters. The Morgan fingerprint density at radius 2 is 2.31 bits per heavy atom. The van der Waals surface area contributed by atoms with Gasteiger partial charge in [-0.05, 0) is 18.2 Å². The highest BCUT2D eigenvalue weighted by Gasteiger charge is 1.99. The number of halogens is 1. The van der Waals surface area contributed by atoms with Gasteiger partial charge in [0.05, 0.1) is 17.7 Å². The smallest absolute Gasteiger partial charge is 0.0921 e. The third-order valence-electron chi connectivity index (χ3n) is 2.28. The van der Waals surface area contributed by atoms with Crippen molar-refractivity contribution in [2.24, 2.45) is 0 Å². The molecule has 0 saturated carbocycles. The molecule has 0 fully saturated rings. The van der Waals surface area contributed by atoms with Crippen molar-refractivity contribution in [2.45, 2.75) is 6.42 Å². The molecule has 0 spiro atoms. The number of hydrogen-bond donors (Lipinski definition) is 3. The average molecular weight is 281 g/mol. The van der Waals surface area contributed by atoms with Crippen LogP contribution in [0.2, 0.25) is 0 Å². The summed E-state index contributed by atoms with van der Waals surface area (Å²) in [4.78, 5) is 7.02. The highest BCUT2D eigenvalue weighted by Crippen LogP contribution is 2.22. The molecule has 0 aliphatic heterocycles. The minimum absolute atomic E-state index is 0.749. The number of benzene rings is 1. The number of anilines is 2. The first-order valence-electron chi connectivity index (χ1n) is 5.02. The van der Waals surface area contributed by atoms with Crippen molar-refractivity contribution in [2.75, 3.05) is 17.6 Å². The van der Waals surface area contributed by atoms with E-state index < -0.39 is 0 Å². The van der Waals surface area contributed by atoms with Crippen LogP contribution < -0.4 is 11.1 Å². The molecule has 0 atom stereocenters. The Kier molecular flexibility index (Phi) is 3.46. The number of aromatic amines is 1. The monoisotopic (exact) mass is 280 g/mol. The lowest BCUT2D eigenvalue weighted by molar-refractivity contribution is 0.977. The summed E-state index contributed by atoms with van der Waals surface area (Å²) in [5.74, 6) is 0. The van der Waals surface area contributed by atoms with Crippen molar-refractivity contribution in [1.82, 2.24) is 9.97 Å². The van der Waals surface area contributed by atoms with Gasteiger partial charge < -0.3 is 16.0 Å². The second-order valence-electron chi connectivity index (χ2n) is 3.49. The van der Waals surface area contributed by atoms with Gasteiger partial charge in [0.2, 0.25) is 0 Å². The van der Waals surface area contributed by atoms with E-state index in [0.717, 1.165) is 34.5 Å². The second-order valence-corrected chi connectivity index (χ2v) is 4.40. The van der Waals surface area contributed by atoms with E-state index in [9.17, 15) is 0 Å². The molecule has 0 aliphatic carbocycles. The summed E-state index contributed by atoms with van der Waals surface area (Å²) >= 11 is 3.37. The molecular weight excluding hydrogens is 268 g/mol. The minimum atomic E-state index is 0.749. The van der Waals surface area contributed by atoms with Crippen LogP contribution in [0.5, 0.6) is 0 Å². The second kappa shape index (κ2) is 5.03. The number of H-pyrrole nitrogens is 1. The molecule has 0 bridgehead atoms. The van der Waals surface area contributed by atoms with Crippen molar-refractivity contribution < 1.29 is 0 Å². The van der Waals surface area contributed by atoms with E-state index in [1.54, 1.807) is 6.33 Å². The van der Waals surface area contributed by atoms with Gasteiger partial charge in [0.25, 0.3) is 0 Å². The Bertz CT molecular complexity index is 453. The molecule has 2 aromatic rings. The number of nitrogens with one attached hydrogen (secondary N) is 2. The van der Waals surface area contributed by atoms with E-state index in [-0.39, 0.29) is 0 Å². The summed E-state index contributed by atoms with van der Waals surface area (Å²) < 4.78 is 0.990. The van der Waals surface area contributed by atoms with Gasteiger partial charge in [0.15, 0.2) is 0 Å². The van der Waals surface area contributed by atoms with Crippen molar-refractivity contribution in [3.8, 4) is 0 Å². The molecule has 0 amide bonds. The van der Waals surface area contributed by atoms with Crippen LogP contribution in [0.4, 0.5) is 11.4 Å². The van der Waals surface area contributed by atoms with Crippen molar-refractivity contribution in [1.29, 1.82) is 0 Å². The Hall–Kier alpha value is -1.49. The van der Waals surface area contributed by atoms with Crippen LogP contribution in [0.1, 0.15) is 5.69 Å². The molecule has 84 valence electrons. The first-order chi connectivity index (χ1) is 7.75. The molecule has 4 N–H and O–H groups in total. The molecular formula is C11H13BrN4. The number of rotatable bonds is 4. The summed E-state index contributed by atoms with van der Waals surface area (Å²) in [6, 6.07) is 5.82. The summed E-state index contributed by atoms with van der Waals surface area (Å²) in [6.07, 6.45) is 4.41. The van der Waals surface area contributed by atoms with Gasteiger partial charge in [-0.1, -0.05) is 15.9 Å². The predicted octanol–water partition coefficient (Wildman–Crippen LogP) is 2.41. The predicted molar refractivity (Wildman–Crippen MR) is 69.3 cm³/mol. The quantitative estimate of drug-likeness (QED) is 0.754. The van der Waals surface area contributed by atoms with E-state index in [2.05, 4.69) is 31.2 Å². The minimum Gasteiger partial charge on any atom is -0.397 e. The largest absolute Gasteiger partial charge is 0.397 e. The topological polar surface area (TPSA) is 66.7 Å². The normalized spacial score (nSPS) is 10.3. The molecule has 0 saturated heterocycles. The lowest BCUT2D eigenvalue weighted by Crippen LogP contribution is -2.06. The molecule has 0 radical (unpaired) electrons. The van der Waals surface area contributed by atoms with Gasteiger partial charge in [-0.3, -0.25) is 0 Å². The Labute approximate surface area is 102 Å². The van der Waals surface area contributed by atoms with Crippen LogP contribution in [0.25, 0.3) is 0 Å². The number of hydrogen-bond acceptors (Lipinski definition) is 3. The van der Waals surface area contributed by atoms with Crippen LogP contribution in [0.3, 0.4) is 0 Å². The highest BCUT2D eigenvalue weighted by molar-refractivity contribution is 9.10. The van der Waals surface area contributed by atoms with Crippen molar-refractivity contribution in [3.63, 3.8) is 0 Å². The molecule has 4 nitrogen and oxygen atoms in total. The molecule has 0 aliphatic rings. The lowest BCUT2D eigenvalue weighted by Gasteiger charge is -2.08. The van der Waals surface area contributed by atoms with E-state index in [4.69, 9.17) is 5.73 Å². The average Bonchev–Trinajstić information content (AvgIpc) is 2.74. The van der Waals surface area contributed by atoms with Gasteiger partial charge in [0, 0.05) is 29.3 Å². The standard InChI is InChI=1S/C11H13BrN4/c12-8-1-2-11(10(13)5-8)15-4-3-9-6-14-7-16-9/h1-2,5-7,15H,3-4,13H2,(H,14,16). The molecule has 2 rings (SSSR count). The first-order valence-corrected chi connectivity index (χ1v) is 5.81. The fourth-order valence-electron chi connectivity index (χ4n) is 1.45. The third kappa shape index (κ3) is 2.76. The van der Waals surface area contributed by atoms with Gasteiger partial charge in [-0.25, -0.2) is 4.98 Å². The first kappa shape index (κ1) is 11.0. The Morgan fingerprint density at radius 3 is 3.00 bits per heavy atom. The summed E-state index contributed by atoms with van der Waals surface area (Å²) in [5, 5.41) is 3.28. The molecule has 1 aromatic heterocycles. The van der Waals surface area contributed by atoms with E-state index in [0.29, 0.717) is 0 Å². The number of nitrogens with zero attached hydrogens (tertiary/aromatic N) is 1. The lowest BCUT2D eigenvalue weighted by atomic mass is 10.2. The van der Waals surface area contributed by atoms with Gasteiger partial charge in [-0.2, -0.15) is 0 Å². The van der Waals surface area contributed by atoms with E-state index >= 15 is 0 Å². The molecule has 5 heteroatoms. The SMILES string of the molecule is Nc1cc(Br)ccc1NCCc1cnc[nH]1. The molecule has 16 heavy (non-hydrogen) atoms. The summed E-state index contributed by atoms with van der Waals surface area (Å²) in [5.41, 5.74) is 8.69. The Morgan fingerprint density at radius 1 is 1.44 bits per heavy atom. The fraction of sp³-hybridized carbons (Fsp3) is 0.182. The maximum absolute atomic E-state index is 5.87. The van der Waals surface area contributed by atoms with Gasteiger partial charge >= 0.3 is 0 Å². The number of nitrogens with two attached hydrogens (primary N) is 1. The van der Waals surface area contributed by atoms with Crippen LogP contribution in [0, 0.1) is 0 Å². The maximum atomic E-state index is 5.87. The van der Waals surface area contributed by atoms with Crippen molar-refractivity contribution in [3.05, 3.63) is 40.9 Å². The number of aromatic nitrogens is 2. The molecule has 1 heterocycles. The molecule has 1 aromatic carbocycles. The zero-order valence-electron chi connectivity index (χ0n) is 8.70.